The topological polar surface area (TPSA) is 59.7 Å². The number of hydrogen-bond acceptors (Lipinski definition) is 4. The third-order valence-corrected chi connectivity index (χ3v) is 3.17. The van der Waals surface area contributed by atoms with Crippen molar-refractivity contribution in [3.8, 4) is 0 Å². The Morgan fingerprint density at radius 2 is 2.10 bits per heavy atom. The maximum Gasteiger partial charge on any atom is 0.251 e. The first-order valence-corrected chi connectivity index (χ1v) is 7.14. The summed E-state index contributed by atoms with van der Waals surface area (Å²) in [5.41, 5.74) is 0.775. The van der Waals surface area contributed by atoms with Crippen molar-refractivity contribution in [3.05, 3.63) is 30.2 Å². The molecule has 0 saturated carbocycles. The van der Waals surface area contributed by atoms with Gasteiger partial charge in [-0.05, 0) is 25.0 Å². The van der Waals surface area contributed by atoms with Crippen molar-refractivity contribution in [3.63, 3.8) is 0 Å². The van der Waals surface area contributed by atoms with Crippen molar-refractivity contribution in [2.24, 2.45) is 5.92 Å². The largest absolute Gasteiger partial charge is 0.368 e. The third kappa shape index (κ3) is 3.78. The summed E-state index contributed by atoms with van der Waals surface area (Å²) in [6, 6.07) is 5.70. The highest BCUT2D eigenvalue weighted by Gasteiger charge is 2.20. The van der Waals surface area contributed by atoms with E-state index >= 15 is 0 Å². The third-order valence-electron chi connectivity index (χ3n) is 3.17. The second kappa shape index (κ2) is 6.67. The molecule has 0 bridgehead atoms. The Kier molecular flexibility index (Phi) is 4.90. The second-order valence-electron chi connectivity index (χ2n) is 5.61. The molecule has 0 aromatic carbocycles. The SMILES string of the molecule is CC(C)COC(C)C(=O)N(C)Cc1nnc2ccccn12. The van der Waals surface area contributed by atoms with Crippen molar-refractivity contribution in [2.45, 2.75) is 33.4 Å². The number of nitrogens with zero attached hydrogens (tertiary/aromatic N) is 4. The van der Waals surface area contributed by atoms with Crippen molar-refractivity contribution in [1.29, 1.82) is 0 Å². The fourth-order valence-corrected chi connectivity index (χ4v) is 2.01. The zero-order valence-corrected chi connectivity index (χ0v) is 13.0. The Labute approximate surface area is 124 Å². The van der Waals surface area contributed by atoms with Crippen LogP contribution in [0, 0.1) is 5.92 Å². The van der Waals surface area contributed by atoms with Gasteiger partial charge in [-0.15, -0.1) is 10.2 Å². The number of likely N-dealkylation sites (N-methyl/N-ethyl adjacent to an activating group) is 1. The van der Waals surface area contributed by atoms with E-state index < -0.39 is 6.10 Å². The van der Waals surface area contributed by atoms with Crippen molar-refractivity contribution >= 4 is 11.6 Å². The number of carbonyl (C=O) groups is 1. The number of amides is 1. The lowest BCUT2D eigenvalue weighted by Crippen LogP contribution is -2.36. The van der Waals surface area contributed by atoms with E-state index in [1.807, 2.05) is 28.8 Å². The quantitative estimate of drug-likeness (QED) is 0.813. The molecule has 1 unspecified atom stereocenters. The van der Waals surface area contributed by atoms with Crippen LogP contribution >= 0.6 is 0 Å². The molecule has 2 aromatic rings. The van der Waals surface area contributed by atoms with Crippen LogP contribution in [0.5, 0.6) is 0 Å². The van der Waals surface area contributed by atoms with E-state index in [1.54, 1.807) is 18.9 Å². The highest BCUT2D eigenvalue weighted by Crippen LogP contribution is 2.07. The highest BCUT2D eigenvalue weighted by atomic mass is 16.5. The van der Waals surface area contributed by atoms with Crippen LogP contribution in [-0.2, 0) is 16.1 Å². The highest BCUT2D eigenvalue weighted by molar-refractivity contribution is 5.80. The van der Waals surface area contributed by atoms with Gasteiger partial charge in [0.1, 0.15) is 6.10 Å². The number of ether oxygens (including phenoxy) is 1. The molecule has 2 aromatic heterocycles. The molecule has 6 heteroatoms. The molecular formula is C15H22N4O2. The molecule has 2 rings (SSSR count). The van der Waals surface area contributed by atoms with Crippen LogP contribution < -0.4 is 0 Å². The molecule has 0 spiro atoms. The van der Waals surface area contributed by atoms with Gasteiger partial charge in [-0.2, -0.15) is 0 Å². The predicted molar refractivity (Wildman–Crippen MR) is 79.7 cm³/mol. The summed E-state index contributed by atoms with van der Waals surface area (Å²) in [5.74, 6) is 1.09. The Morgan fingerprint density at radius 3 is 2.81 bits per heavy atom. The Balaban J connectivity index is 2.00. The minimum atomic E-state index is -0.448. The molecule has 2 heterocycles. The Bertz CT molecular complexity index is 608. The fourth-order valence-electron chi connectivity index (χ4n) is 2.01. The van der Waals surface area contributed by atoms with Gasteiger partial charge in [0.2, 0.25) is 0 Å². The normalized spacial score (nSPS) is 12.8. The summed E-state index contributed by atoms with van der Waals surface area (Å²) in [6.45, 7) is 6.88. The lowest BCUT2D eigenvalue weighted by molar-refractivity contribution is -0.142. The molecule has 6 nitrogen and oxygen atoms in total. The lowest BCUT2D eigenvalue weighted by Gasteiger charge is -2.21. The molecule has 0 N–H and O–H groups in total. The van der Waals surface area contributed by atoms with Gasteiger partial charge >= 0.3 is 0 Å². The molecular weight excluding hydrogens is 268 g/mol. The van der Waals surface area contributed by atoms with Gasteiger partial charge in [-0.1, -0.05) is 19.9 Å². The number of fused-ring (bicyclic) bond motifs is 1. The molecule has 0 aliphatic rings. The molecule has 21 heavy (non-hydrogen) atoms. The zero-order valence-electron chi connectivity index (χ0n) is 13.0. The first-order chi connectivity index (χ1) is 9.99. The number of pyridine rings is 1. The Hall–Kier alpha value is -1.95. The second-order valence-corrected chi connectivity index (χ2v) is 5.61. The molecule has 0 radical (unpaired) electrons. The smallest absolute Gasteiger partial charge is 0.251 e. The Morgan fingerprint density at radius 1 is 1.33 bits per heavy atom. The maximum absolute atomic E-state index is 12.3. The average Bonchev–Trinajstić information content (AvgIpc) is 2.87. The van der Waals surface area contributed by atoms with Crippen LogP contribution in [0.25, 0.3) is 5.65 Å². The predicted octanol–water partition coefficient (Wildman–Crippen LogP) is 1.75. The van der Waals surface area contributed by atoms with E-state index in [0.29, 0.717) is 19.1 Å². The minimum absolute atomic E-state index is 0.0525. The van der Waals surface area contributed by atoms with Gasteiger partial charge in [0.25, 0.3) is 5.91 Å². The summed E-state index contributed by atoms with van der Waals surface area (Å²) in [5, 5.41) is 8.21. The van der Waals surface area contributed by atoms with Crippen molar-refractivity contribution in [2.75, 3.05) is 13.7 Å². The van der Waals surface area contributed by atoms with Crippen molar-refractivity contribution < 1.29 is 9.53 Å². The molecule has 1 atom stereocenters. The van der Waals surface area contributed by atoms with Crippen molar-refractivity contribution in [1.82, 2.24) is 19.5 Å². The van der Waals surface area contributed by atoms with Crippen LogP contribution in [-0.4, -0.2) is 45.2 Å². The fraction of sp³-hybridized carbons (Fsp3) is 0.533. The molecule has 0 aliphatic heterocycles. The standard InChI is InChI=1S/C15H22N4O2/c1-11(2)10-21-12(3)15(20)18(4)9-14-17-16-13-7-5-6-8-19(13)14/h5-8,11-12H,9-10H2,1-4H3. The van der Waals surface area contributed by atoms with Crippen LogP contribution in [0.1, 0.15) is 26.6 Å². The zero-order chi connectivity index (χ0) is 15.4. The van der Waals surface area contributed by atoms with Crippen LogP contribution in [0.2, 0.25) is 0 Å². The van der Waals surface area contributed by atoms with Crippen LogP contribution in [0.4, 0.5) is 0 Å². The van der Waals surface area contributed by atoms with E-state index in [9.17, 15) is 4.79 Å². The summed E-state index contributed by atoms with van der Waals surface area (Å²) < 4.78 is 7.44. The summed E-state index contributed by atoms with van der Waals surface area (Å²) in [7, 11) is 1.75. The number of rotatable bonds is 6. The van der Waals surface area contributed by atoms with E-state index in [-0.39, 0.29) is 5.91 Å². The van der Waals surface area contributed by atoms with Gasteiger partial charge in [0.15, 0.2) is 11.5 Å². The van der Waals surface area contributed by atoms with Crippen LogP contribution in [0.3, 0.4) is 0 Å². The first-order valence-electron chi connectivity index (χ1n) is 7.14. The minimum Gasteiger partial charge on any atom is -0.368 e. The summed E-state index contributed by atoms with van der Waals surface area (Å²) in [4.78, 5) is 13.9. The van der Waals surface area contributed by atoms with Gasteiger partial charge in [-0.25, -0.2) is 0 Å². The van der Waals surface area contributed by atoms with E-state index in [2.05, 4.69) is 24.0 Å². The summed E-state index contributed by atoms with van der Waals surface area (Å²) in [6.07, 6.45) is 1.44. The van der Waals surface area contributed by atoms with E-state index in [1.165, 1.54) is 0 Å². The number of aromatic nitrogens is 3. The molecule has 0 aliphatic carbocycles. The van der Waals surface area contributed by atoms with E-state index in [0.717, 1.165) is 11.5 Å². The number of hydrogen-bond donors (Lipinski definition) is 0. The average molecular weight is 290 g/mol. The van der Waals surface area contributed by atoms with Gasteiger partial charge in [-0.3, -0.25) is 9.20 Å². The van der Waals surface area contributed by atoms with Gasteiger partial charge in [0.05, 0.1) is 6.54 Å². The van der Waals surface area contributed by atoms with Crippen LogP contribution in [0.15, 0.2) is 24.4 Å². The molecule has 114 valence electrons. The van der Waals surface area contributed by atoms with E-state index in [4.69, 9.17) is 4.74 Å². The maximum atomic E-state index is 12.3. The first kappa shape index (κ1) is 15.4. The monoisotopic (exact) mass is 290 g/mol. The van der Waals surface area contributed by atoms with Gasteiger partial charge in [0, 0.05) is 19.9 Å². The van der Waals surface area contributed by atoms with Gasteiger partial charge < -0.3 is 9.64 Å². The molecule has 0 saturated heterocycles. The lowest BCUT2D eigenvalue weighted by atomic mass is 10.2. The number of carbonyl (C=O) groups excluding carboxylic acids is 1. The molecule has 0 fully saturated rings. The summed E-state index contributed by atoms with van der Waals surface area (Å²) >= 11 is 0. The molecule has 1 amide bonds.